The molecule has 1 atom stereocenters. The van der Waals surface area contributed by atoms with Gasteiger partial charge < -0.3 is 19.2 Å². The van der Waals surface area contributed by atoms with Gasteiger partial charge >= 0.3 is 0 Å². The molecule has 0 saturated carbocycles. The van der Waals surface area contributed by atoms with E-state index in [4.69, 9.17) is 13.9 Å². The first kappa shape index (κ1) is 15.1. The van der Waals surface area contributed by atoms with E-state index in [0.717, 1.165) is 36.8 Å². The third-order valence-corrected chi connectivity index (χ3v) is 3.81. The standard InChI is InChI=1S/C18H23NO3/c1-13-3-5-15(10-19-11-16-6-4-14(2)21-16)18(9-13)22-17-7-8-20-12-17/h3-6,9,17,19H,7-8,10-12H2,1-2H3. The van der Waals surface area contributed by atoms with Gasteiger partial charge in [-0.15, -0.1) is 0 Å². The molecule has 0 aliphatic carbocycles. The lowest BCUT2D eigenvalue weighted by Gasteiger charge is -2.16. The second-order valence-corrected chi connectivity index (χ2v) is 5.83. The molecule has 1 aromatic heterocycles. The smallest absolute Gasteiger partial charge is 0.124 e. The van der Waals surface area contributed by atoms with Gasteiger partial charge in [-0.05, 0) is 37.6 Å². The molecule has 1 aliphatic rings. The Hall–Kier alpha value is -1.78. The number of aryl methyl sites for hydroxylation is 2. The second-order valence-electron chi connectivity index (χ2n) is 5.83. The molecule has 118 valence electrons. The van der Waals surface area contributed by atoms with Crippen LogP contribution in [0.15, 0.2) is 34.7 Å². The molecule has 1 unspecified atom stereocenters. The maximum Gasteiger partial charge on any atom is 0.124 e. The van der Waals surface area contributed by atoms with Gasteiger partial charge in [0.2, 0.25) is 0 Å². The molecule has 1 saturated heterocycles. The van der Waals surface area contributed by atoms with E-state index in [1.54, 1.807) is 0 Å². The van der Waals surface area contributed by atoms with E-state index in [9.17, 15) is 0 Å². The zero-order valence-electron chi connectivity index (χ0n) is 13.2. The number of hydrogen-bond donors (Lipinski definition) is 1. The third-order valence-electron chi connectivity index (χ3n) is 3.81. The van der Waals surface area contributed by atoms with Crippen LogP contribution >= 0.6 is 0 Å². The fraction of sp³-hybridized carbons (Fsp3) is 0.444. The molecule has 0 amide bonds. The Balaban J connectivity index is 1.61. The highest BCUT2D eigenvalue weighted by molar-refractivity contribution is 5.37. The lowest BCUT2D eigenvalue weighted by atomic mass is 10.1. The average molecular weight is 301 g/mol. The Morgan fingerprint density at radius 3 is 2.82 bits per heavy atom. The van der Waals surface area contributed by atoms with Gasteiger partial charge in [-0.3, -0.25) is 0 Å². The third kappa shape index (κ3) is 3.90. The maximum absolute atomic E-state index is 6.11. The van der Waals surface area contributed by atoms with Crippen molar-refractivity contribution in [3.05, 3.63) is 53.0 Å². The first-order valence-electron chi connectivity index (χ1n) is 7.80. The zero-order chi connectivity index (χ0) is 15.4. The first-order chi connectivity index (χ1) is 10.7. The highest BCUT2D eigenvalue weighted by Crippen LogP contribution is 2.24. The Bertz CT molecular complexity index is 615. The van der Waals surface area contributed by atoms with Gasteiger partial charge in [0.1, 0.15) is 23.4 Å². The topological polar surface area (TPSA) is 43.6 Å². The summed E-state index contributed by atoms with van der Waals surface area (Å²) in [5.74, 6) is 2.85. The number of ether oxygens (including phenoxy) is 2. The van der Waals surface area contributed by atoms with Crippen molar-refractivity contribution in [3.8, 4) is 5.75 Å². The van der Waals surface area contributed by atoms with Gasteiger partial charge in [0, 0.05) is 18.5 Å². The van der Waals surface area contributed by atoms with Crippen LogP contribution in [-0.4, -0.2) is 19.3 Å². The van der Waals surface area contributed by atoms with Crippen LogP contribution in [0, 0.1) is 13.8 Å². The van der Waals surface area contributed by atoms with Crippen molar-refractivity contribution in [1.82, 2.24) is 5.32 Å². The minimum atomic E-state index is 0.174. The summed E-state index contributed by atoms with van der Waals surface area (Å²) in [5.41, 5.74) is 2.38. The summed E-state index contributed by atoms with van der Waals surface area (Å²) in [4.78, 5) is 0. The van der Waals surface area contributed by atoms with Gasteiger partial charge in [-0.25, -0.2) is 0 Å². The number of furan rings is 1. The van der Waals surface area contributed by atoms with Crippen LogP contribution in [0.3, 0.4) is 0 Å². The summed E-state index contributed by atoms with van der Waals surface area (Å²) >= 11 is 0. The monoisotopic (exact) mass is 301 g/mol. The summed E-state index contributed by atoms with van der Waals surface area (Å²) < 4.78 is 17.1. The minimum Gasteiger partial charge on any atom is -0.488 e. The highest BCUT2D eigenvalue weighted by Gasteiger charge is 2.18. The Morgan fingerprint density at radius 1 is 1.18 bits per heavy atom. The predicted octanol–water partition coefficient (Wildman–Crippen LogP) is 3.35. The van der Waals surface area contributed by atoms with Crippen LogP contribution in [-0.2, 0) is 17.8 Å². The molecule has 3 rings (SSSR count). The molecule has 1 N–H and O–H groups in total. The van der Waals surface area contributed by atoms with Crippen molar-refractivity contribution in [2.24, 2.45) is 0 Å². The summed E-state index contributed by atoms with van der Waals surface area (Å²) in [6.07, 6.45) is 1.14. The van der Waals surface area contributed by atoms with Gasteiger partial charge in [-0.2, -0.15) is 0 Å². The fourth-order valence-electron chi connectivity index (χ4n) is 2.60. The minimum absolute atomic E-state index is 0.174. The summed E-state index contributed by atoms with van der Waals surface area (Å²) in [6, 6.07) is 10.3. The molecule has 0 bridgehead atoms. The van der Waals surface area contributed by atoms with Gasteiger partial charge in [0.25, 0.3) is 0 Å². The fourth-order valence-corrected chi connectivity index (χ4v) is 2.60. The number of nitrogens with one attached hydrogen (secondary N) is 1. The molecule has 2 aromatic rings. The normalized spacial score (nSPS) is 17.8. The van der Waals surface area contributed by atoms with E-state index >= 15 is 0 Å². The number of benzene rings is 1. The summed E-state index contributed by atoms with van der Waals surface area (Å²) in [7, 11) is 0. The van der Waals surface area contributed by atoms with Crippen LogP contribution in [0.1, 0.15) is 29.1 Å². The zero-order valence-corrected chi connectivity index (χ0v) is 13.2. The molecule has 4 nitrogen and oxygen atoms in total. The van der Waals surface area contributed by atoms with Crippen LogP contribution in [0.2, 0.25) is 0 Å². The largest absolute Gasteiger partial charge is 0.488 e. The molecule has 1 aliphatic heterocycles. The molecule has 0 spiro atoms. The quantitative estimate of drug-likeness (QED) is 0.888. The van der Waals surface area contributed by atoms with E-state index in [1.807, 2.05) is 19.1 Å². The Labute approximate surface area is 131 Å². The van der Waals surface area contributed by atoms with Crippen LogP contribution < -0.4 is 10.1 Å². The van der Waals surface area contributed by atoms with Crippen LogP contribution in [0.25, 0.3) is 0 Å². The van der Waals surface area contributed by atoms with Crippen molar-refractivity contribution >= 4 is 0 Å². The summed E-state index contributed by atoms with van der Waals surface area (Å²) in [5, 5.41) is 3.41. The van der Waals surface area contributed by atoms with Crippen LogP contribution in [0.5, 0.6) is 5.75 Å². The lowest BCUT2D eigenvalue weighted by Crippen LogP contribution is -2.18. The van der Waals surface area contributed by atoms with E-state index in [0.29, 0.717) is 13.2 Å². The van der Waals surface area contributed by atoms with Gasteiger partial charge in [-0.1, -0.05) is 12.1 Å². The SMILES string of the molecule is Cc1ccc(CNCc2ccc(C)o2)c(OC2CCOC2)c1. The van der Waals surface area contributed by atoms with E-state index < -0.39 is 0 Å². The lowest BCUT2D eigenvalue weighted by molar-refractivity contribution is 0.140. The molecule has 22 heavy (non-hydrogen) atoms. The van der Waals surface area contributed by atoms with Crippen LogP contribution in [0.4, 0.5) is 0 Å². The molecule has 1 fully saturated rings. The van der Waals surface area contributed by atoms with E-state index in [2.05, 4.69) is 30.4 Å². The average Bonchev–Trinajstić information content (AvgIpc) is 3.13. The molecule has 2 heterocycles. The van der Waals surface area contributed by atoms with Crippen molar-refractivity contribution in [2.75, 3.05) is 13.2 Å². The maximum atomic E-state index is 6.11. The first-order valence-corrected chi connectivity index (χ1v) is 7.80. The van der Waals surface area contributed by atoms with E-state index in [1.165, 1.54) is 11.1 Å². The van der Waals surface area contributed by atoms with Crippen molar-refractivity contribution in [3.63, 3.8) is 0 Å². The van der Waals surface area contributed by atoms with E-state index in [-0.39, 0.29) is 6.10 Å². The van der Waals surface area contributed by atoms with Crippen molar-refractivity contribution in [2.45, 2.75) is 39.5 Å². The van der Waals surface area contributed by atoms with Crippen molar-refractivity contribution < 1.29 is 13.9 Å². The van der Waals surface area contributed by atoms with Gasteiger partial charge in [0.15, 0.2) is 0 Å². The Kier molecular flexibility index (Phi) is 4.80. The molecular formula is C18H23NO3. The molecule has 0 radical (unpaired) electrons. The highest BCUT2D eigenvalue weighted by atomic mass is 16.5. The Morgan fingerprint density at radius 2 is 2.09 bits per heavy atom. The predicted molar refractivity (Wildman–Crippen MR) is 85.0 cm³/mol. The number of hydrogen-bond acceptors (Lipinski definition) is 4. The number of rotatable bonds is 6. The summed E-state index contributed by atoms with van der Waals surface area (Å²) in [6.45, 7) is 6.99. The second kappa shape index (κ2) is 6.99. The van der Waals surface area contributed by atoms with Crippen molar-refractivity contribution in [1.29, 1.82) is 0 Å². The molecule has 1 aromatic carbocycles. The molecule has 4 heteroatoms. The molecular weight excluding hydrogens is 278 g/mol. The van der Waals surface area contributed by atoms with Gasteiger partial charge in [0.05, 0.1) is 19.8 Å².